The lowest BCUT2D eigenvalue weighted by molar-refractivity contribution is -0.121. The van der Waals surface area contributed by atoms with Crippen LogP contribution in [-0.4, -0.2) is 47.8 Å². The molecule has 192 valence electrons. The molecule has 2 aliphatic heterocycles. The normalized spacial score (nSPS) is 19.7. The Hall–Kier alpha value is -3.69. The number of likely N-dealkylation sites (tertiary alicyclic amines) is 1. The van der Waals surface area contributed by atoms with Gasteiger partial charge in [-0.2, -0.15) is 0 Å². The van der Waals surface area contributed by atoms with Crippen LogP contribution in [0.4, 0.5) is 23.7 Å². The van der Waals surface area contributed by atoms with Gasteiger partial charge in [-0.05, 0) is 45.4 Å². The number of para-hydroxylation sites is 1. The van der Waals surface area contributed by atoms with Gasteiger partial charge in [0.2, 0.25) is 5.76 Å². The number of alkyl halides is 1. The molecule has 0 aliphatic carbocycles. The van der Waals surface area contributed by atoms with E-state index >= 15 is 0 Å². The first-order valence-corrected chi connectivity index (χ1v) is 11.6. The Bertz CT molecular complexity index is 1180. The predicted molar refractivity (Wildman–Crippen MR) is 127 cm³/mol. The van der Waals surface area contributed by atoms with E-state index in [1.54, 1.807) is 45.0 Å². The molecule has 2 unspecified atom stereocenters. The van der Waals surface area contributed by atoms with Crippen molar-refractivity contribution in [1.82, 2.24) is 10.2 Å². The number of hydrogen-bond donors (Lipinski definition) is 1. The third-order valence-electron chi connectivity index (χ3n) is 5.77. The molecule has 2 aromatic carbocycles. The Morgan fingerprint density at radius 3 is 2.53 bits per heavy atom. The van der Waals surface area contributed by atoms with E-state index in [-0.39, 0.29) is 37.6 Å². The topological polar surface area (TPSA) is 71.1 Å². The summed E-state index contributed by atoms with van der Waals surface area (Å²) in [5, 5.41) is 2.58. The van der Waals surface area contributed by atoms with Crippen LogP contribution in [0.15, 0.2) is 54.4 Å². The molecule has 2 amide bonds. The van der Waals surface area contributed by atoms with Crippen LogP contribution in [0.1, 0.15) is 32.8 Å². The van der Waals surface area contributed by atoms with Crippen LogP contribution in [0.25, 0.3) is 0 Å². The molecule has 0 saturated carbocycles. The highest BCUT2D eigenvalue weighted by Crippen LogP contribution is 2.37. The minimum Gasteiger partial charge on any atom is -0.445 e. The Labute approximate surface area is 207 Å². The lowest BCUT2D eigenvalue weighted by atomic mass is 10.0. The van der Waals surface area contributed by atoms with Gasteiger partial charge in [0.05, 0.1) is 31.0 Å². The molecular formula is C26H28F3N3O4. The minimum atomic E-state index is -1.54. The van der Waals surface area contributed by atoms with E-state index in [0.29, 0.717) is 11.3 Å². The third-order valence-corrected chi connectivity index (χ3v) is 5.77. The van der Waals surface area contributed by atoms with Gasteiger partial charge >= 0.3 is 6.09 Å². The van der Waals surface area contributed by atoms with E-state index in [0.717, 1.165) is 0 Å². The number of anilines is 1. The van der Waals surface area contributed by atoms with Crippen LogP contribution >= 0.6 is 0 Å². The predicted octanol–water partition coefficient (Wildman–Crippen LogP) is 4.67. The summed E-state index contributed by atoms with van der Waals surface area (Å²) < 4.78 is 54.6. The number of amides is 2. The lowest BCUT2D eigenvalue weighted by Gasteiger charge is -2.36. The number of halogens is 3. The SMILES string of the molecule is CC(C)(C)OC(=O)N1CCC(NC(=O)C2=CN(Cc3ccccc3F)c3cccc(F)c3O2)C(F)C1. The van der Waals surface area contributed by atoms with Gasteiger partial charge in [0.25, 0.3) is 5.91 Å². The van der Waals surface area contributed by atoms with Crippen molar-refractivity contribution >= 4 is 17.7 Å². The molecule has 0 bridgehead atoms. The van der Waals surface area contributed by atoms with Crippen LogP contribution in [-0.2, 0) is 16.1 Å². The van der Waals surface area contributed by atoms with Crippen LogP contribution in [0, 0.1) is 11.6 Å². The second-order valence-electron chi connectivity index (χ2n) is 9.71. The summed E-state index contributed by atoms with van der Waals surface area (Å²) in [6.45, 7) is 5.13. The van der Waals surface area contributed by atoms with Crippen molar-refractivity contribution in [2.45, 2.75) is 51.6 Å². The first-order chi connectivity index (χ1) is 17.0. The van der Waals surface area contributed by atoms with Crippen molar-refractivity contribution in [3.8, 4) is 5.75 Å². The second-order valence-corrected chi connectivity index (χ2v) is 9.71. The summed E-state index contributed by atoms with van der Waals surface area (Å²) in [6, 6.07) is 9.50. The maximum Gasteiger partial charge on any atom is 0.410 e. The summed E-state index contributed by atoms with van der Waals surface area (Å²) in [4.78, 5) is 28.0. The van der Waals surface area contributed by atoms with Crippen LogP contribution in [0.3, 0.4) is 0 Å². The number of piperidine rings is 1. The average Bonchev–Trinajstić information content (AvgIpc) is 2.81. The Morgan fingerprint density at radius 1 is 1.11 bits per heavy atom. The molecule has 1 saturated heterocycles. The molecule has 7 nitrogen and oxygen atoms in total. The fraction of sp³-hybridized carbons (Fsp3) is 0.385. The van der Waals surface area contributed by atoms with Gasteiger partial charge in [0.1, 0.15) is 17.6 Å². The van der Waals surface area contributed by atoms with Gasteiger partial charge in [-0.25, -0.2) is 18.0 Å². The summed E-state index contributed by atoms with van der Waals surface area (Å²) in [5.74, 6) is -2.33. The zero-order valence-corrected chi connectivity index (χ0v) is 20.3. The number of carbonyl (C=O) groups excluding carboxylic acids is 2. The number of nitrogens with zero attached hydrogens (tertiary/aromatic N) is 2. The van der Waals surface area contributed by atoms with E-state index in [1.165, 1.54) is 34.2 Å². The van der Waals surface area contributed by atoms with Crippen LogP contribution < -0.4 is 15.0 Å². The number of benzene rings is 2. The van der Waals surface area contributed by atoms with Crippen molar-refractivity contribution < 1.29 is 32.2 Å². The van der Waals surface area contributed by atoms with Crippen molar-refractivity contribution in [2.24, 2.45) is 0 Å². The largest absolute Gasteiger partial charge is 0.445 e. The standard InChI is InChI=1S/C26H28F3N3O4/c1-26(2,3)36-25(34)31-12-11-20(19(29)14-31)30-24(33)22-15-32(13-16-7-4-5-8-17(16)27)21-10-6-9-18(28)23(21)35-22/h4-10,15,19-20H,11-14H2,1-3H3,(H,30,33). The maximum absolute atomic E-state index is 14.9. The van der Waals surface area contributed by atoms with Crippen LogP contribution in [0.2, 0.25) is 0 Å². The Balaban J connectivity index is 1.48. The molecule has 4 rings (SSSR count). The van der Waals surface area contributed by atoms with Gasteiger partial charge in [0.15, 0.2) is 11.6 Å². The Kier molecular flexibility index (Phi) is 7.14. The molecule has 36 heavy (non-hydrogen) atoms. The van der Waals surface area contributed by atoms with Gasteiger partial charge in [0, 0.05) is 12.1 Å². The molecule has 2 aliphatic rings. The quantitative estimate of drug-likeness (QED) is 0.657. The molecule has 1 N–H and O–H groups in total. The first-order valence-electron chi connectivity index (χ1n) is 11.6. The zero-order chi connectivity index (χ0) is 26.0. The minimum absolute atomic E-state index is 0.0171. The molecule has 0 aromatic heterocycles. The van der Waals surface area contributed by atoms with E-state index in [2.05, 4.69) is 5.32 Å². The molecular weight excluding hydrogens is 475 g/mol. The van der Waals surface area contributed by atoms with Crippen molar-refractivity contribution in [1.29, 1.82) is 0 Å². The zero-order valence-electron chi connectivity index (χ0n) is 20.3. The summed E-state index contributed by atoms with van der Waals surface area (Å²) in [7, 11) is 0. The molecule has 2 heterocycles. The number of nitrogens with one attached hydrogen (secondary N) is 1. The van der Waals surface area contributed by atoms with E-state index in [4.69, 9.17) is 9.47 Å². The van der Waals surface area contributed by atoms with E-state index < -0.39 is 41.4 Å². The fourth-order valence-corrected chi connectivity index (χ4v) is 4.02. The summed E-state index contributed by atoms with van der Waals surface area (Å²) in [5.41, 5.74) is -0.0495. The van der Waals surface area contributed by atoms with E-state index in [9.17, 15) is 22.8 Å². The fourth-order valence-electron chi connectivity index (χ4n) is 4.02. The van der Waals surface area contributed by atoms with Crippen molar-refractivity contribution in [2.75, 3.05) is 18.0 Å². The Morgan fingerprint density at radius 2 is 1.83 bits per heavy atom. The number of rotatable bonds is 4. The molecule has 1 fully saturated rings. The molecule has 2 atom stereocenters. The summed E-state index contributed by atoms with van der Waals surface area (Å²) >= 11 is 0. The molecule has 10 heteroatoms. The third kappa shape index (κ3) is 5.75. The highest BCUT2D eigenvalue weighted by molar-refractivity contribution is 5.93. The highest BCUT2D eigenvalue weighted by atomic mass is 19.1. The second kappa shape index (κ2) is 10.1. The van der Waals surface area contributed by atoms with Gasteiger partial charge < -0.3 is 24.6 Å². The average molecular weight is 504 g/mol. The molecule has 0 spiro atoms. The van der Waals surface area contributed by atoms with Gasteiger partial charge in [-0.1, -0.05) is 24.3 Å². The molecule has 2 aromatic rings. The smallest absolute Gasteiger partial charge is 0.410 e. The molecule has 0 radical (unpaired) electrons. The number of fused-ring (bicyclic) bond motifs is 1. The summed E-state index contributed by atoms with van der Waals surface area (Å²) in [6.07, 6.45) is -0.669. The first kappa shape index (κ1) is 25.4. The van der Waals surface area contributed by atoms with Crippen LogP contribution in [0.5, 0.6) is 5.75 Å². The van der Waals surface area contributed by atoms with E-state index in [1.807, 2.05) is 0 Å². The number of ether oxygens (including phenoxy) is 2. The monoisotopic (exact) mass is 503 g/mol. The van der Waals surface area contributed by atoms with Crippen molar-refractivity contribution in [3.05, 3.63) is 71.6 Å². The lowest BCUT2D eigenvalue weighted by Crippen LogP contribution is -2.54. The number of hydrogen-bond acceptors (Lipinski definition) is 5. The van der Waals surface area contributed by atoms with Gasteiger partial charge in [-0.15, -0.1) is 0 Å². The number of carbonyl (C=O) groups is 2. The van der Waals surface area contributed by atoms with Gasteiger partial charge in [-0.3, -0.25) is 4.79 Å². The van der Waals surface area contributed by atoms with Crippen molar-refractivity contribution in [3.63, 3.8) is 0 Å². The highest BCUT2D eigenvalue weighted by Gasteiger charge is 2.36. The maximum atomic E-state index is 14.9.